The van der Waals surface area contributed by atoms with E-state index in [-0.39, 0.29) is 65.0 Å². The maximum absolute atomic E-state index is 16.8. The van der Waals surface area contributed by atoms with Crippen molar-refractivity contribution in [3.05, 3.63) is 36.2 Å². The highest BCUT2D eigenvalue weighted by Gasteiger charge is 2.49. The molecule has 0 radical (unpaired) electrons. The monoisotopic (exact) mass is 624 g/mol. The van der Waals surface area contributed by atoms with E-state index < -0.39 is 29.4 Å². The third kappa shape index (κ3) is 4.95. The van der Waals surface area contributed by atoms with Crippen LogP contribution in [0.3, 0.4) is 0 Å². The van der Waals surface area contributed by atoms with E-state index >= 15 is 8.78 Å². The first-order valence-electron chi connectivity index (χ1n) is 15.2. The molecule has 0 amide bonds. The Morgan fingerprint density at radius 3 is 2.89 bits per heavy atom. The van der Waals surface area contributed by atoms with E-state index in [0.29, 0.717) is 50.5 Å². The van der Waals surface area contributed by atoms with Crippen LogP contribution in [0, 0.1) is 11.6 Å². The van der Waals surface area contributed by atoms with Gasteiger partial charge in [0, 0.05) is 43.9 Å². The van der Waals surface area contributed by atoms with Crippen molar-refractivity contribution < 1.29 is 37.2 Å². The summed E-state index contributed by atoms with van der Waals surface area (Å²) in [5.74, 6) is -1.56. The highest BCUT2D eigenvalue weighted by atomic mass is 19.1. The number of phenolic OH excluding ortho intramolecular Hbond substituents is 1. The standard InChI is InChI=1S/C31H31F3N6O5/c32-17-10-31(2-1-3-40(31)13-17)16-45-30-37-27-21-11-36-26(25(27)34)20-8-18(41)9-23-24(20)28(22(33)12-35-23)44-7-6-43-19-14-39(29(21)38-30)4-5-42-15-19/h8-9,11-12,17,19,41H,1-7,10,13-16H2/t17-,19+,31+/m1/s1. The van der Waals surface area contributed by atoms with Crippen LogP contribution < -0.4 is 14.4 Å². The van der Waals surface area contributed by atoms with Gasteiger partial charge in [0.05, 0.1) is 53.9 Å². The molecular formula is C31H31F3N6O5. The Morgan fingerprint density at radius 2 is 1.98 bits per heavy atom. The van der Waals surface area contributed by atoms with Crippen LogP contribution >= 0.6 is 0 Å². The van der Waals surface area contributed by atoms with Gasteiger partial charge in [0.25, 0.3) is 0 Å². The smallest absolute Gasteiger partial charge is 0.319 e. The quantitative estimate of drug-likeness (QED) is 0.359. The van der Waals surface area contributed by atoms with Crippen LogP contribution in [0.4, 0.5) is 19.0 Å². The first-order chi connectivity index (χ1) is 21.9. The Morgan fingerprint density at radius 1 is 1.07 bits per heavy atom. The molecule has 5 aliphatic rings. The van der Waals surface area contributed by atoms with Crippen LogP contribution in [0.2, 0.25) is 0 Å². The van der Waals surface area contributed by atoms with E-state index in [1.54, 1.807) is 0 Å². The minimum absolute atomic E-state index is 0.00700. The number of aromatic nitrogens is 4. The number of aromatic hydroxyl groups is 1. The van der Waals surface area contributed by atoms with Gasteiger partial charge < -0.3 is 29.0 Å². The van der Waals surface area contributed by atoms with E-state index in [0.717, 1.165) is 25.6 Å². The first-order valence-corrected chi connectivity index (χ1v) is 15.2. The summed E-state index contributed by atoms with van der Waals surface area (Å²) >= 11 is 0. The zero-order valence-corrected chi connectivity index (χ0v) is 24.3. The van der Waals surface area contributed by atoms with Gasteiger partial charge in [-0.3, -0.25) is 14.9 Å². The highest BCUT2D eigenvalue weighted by molar-refractivity contribution is 6.01. The fraction of sp³-hybridized carbons (Fsp3) is 0.484. The van der Waals surface area contributed by atoms with Crippen LogP contribution in [-0.4, -0.2) is 107 Å². The number of anilines is 1. The van der Waals surface area contributed by atoms with Gasteiger partial charge >= 0.3 is 6.01 Å². The summed E-state index contributed by atoms with van der Waals surface area (Å²) in [4.78, 5) is 21.9. The summed E-state index contributed by atoms with van der Waals surface area (Å²) in [6.07, 6.45) is 3.20. The zero-order chi connectivity index (χ0) is 30.7. The van der Waals surface area contributed by atoms with Gasteiger partial charge in [0.2, 0.25) is 0 Å². The molecule has 0 saturated carbocycles. The Labute approximate surface area is 255 Å². The van der Waals surface area contributed by atoms with Gasteiger partial charge in [-0.15, -0.1) is 0 Å². The molecule has 5 aliphatic heterocycles. The number of hydrogen-bond acceptors (Lipinski definition) is 11. The maximum atomic E-state index is 16.8. The lowest BCUT2D eigenvalue weighted by Crippen LogP contribution is -2.43. The number of halogens is 3. The first kappa shape index (κ1) is 28.5. The second-order valence-corrected chi connectivity index (χ2v) is 12.1. The summed E-state index contributed by atoms with van der Waals surface area (Å²) < 4.78 is 70.4. The van der Waals surface area contributed by atoms with Gasteiger partial charge in [-0.25, -0.2) is 13.2 Å². The lowest BCUT2D eigenvalue weighted by molar-refractivity contribution is -0.00953. The van der Waals surface area contributed by atoms with Crippen LogP contribution in [0.5, 0.6) is 17.5 Å². The minimum Gasteiger partial charge on any atom is -0.508 e. The maximum Gasteiger partial charge on any atom is 0.319 e. The molecule has 3 fully saturated rings. The SMILES string of the molecule is Oc1cc2c3c(c(F)cnc3c1)OCCO[C@@H]1COCCN(C1)c1nc(OC[C@@]34CCCN3C[C@H](F)C4)nc3c(F)c-2ncc13. The summed E-state index contributed by atoms with van der Waals surface area (Å²) in [6, 6.07) is 2.58. The van der Waals surface area contributed by atoms with Gasteiger partial charge in [-0.2, -0.15) is 9.97 Å². The van der Waals surface area contributed by atoms with Crippen molar-refractivity contribution in [2.45, 2.75) is 37.1 Å². The van der Waals surface area contributed by atoms with Crippen molar-refractivity contribution in [1.29, 1.82) is 0 Å². The Balaban J connectivity index is 1.31. The van der Waals surface area contributed by atoms with E-state index in [2.05, 4.69) is 19.9 Å². The lowest BCUT2D eigenvalue weighted by atomic mass is 9.95. The van der Waals surface area contributed by atoms with Gasteiger partial charge in [-0.1, -0.05) is 0 Å². The van der Waals surface area contributed by atoms with Crippen molar-refractivity contribution in [2.75, 3.05) is 64.1 Å². The number of fused-ring (bicyclic) bond motifs is 5. The van der Waals surface area contributed by atoms with Crippen molar-refractivity contribution >= 4 is 27.6 Å². The van der Waals surface area contributed by atoms with Gasteiger partial charge in [-0.05, 0) is 25.5 Å². The molecule has 3 aromatic heterocycles. The topological polar surface area (TPSA) is 115 Å². The molecule has 9 rings (SSSR count). The number of hydrogen-bond donors (Lipinski definition) is 1. The highest BCUT2D eigenvalue weighted by Crippen LogP contribution is 2.42. The van der Waals surface area contributed by atoms with E-state index in [1.165, 1.54) is 18.3 Å². The average molecular weight is 625 g/mol. The molecule has 11 nitrogen and oxygen atoms in total. The van der Waals surface area contributed by atoms with E-state index in [4.69, 9.17) is 23.9 Å². The van der Waals surface area contributed by atoms with Crippen molar-refractivity contribution in [3.63, 3.8) is 0 Å². The third-order valence-corrected chi connectivity index (χ3v) is 9.21. The molecule has 6 bridgehead atoms. The van der Waals surface area contributed by atoms with Crippen LogP contribution in [0.25, 0.3) is 33.1 Å². The molecule has 1 aromatic carbocycles. The van der Waals surface area contributed by atoms with Crippen molar-refractivity contribution in [1.82, 2.24) is 24.8 Å². The van der Waals surface area contributed by atoms with E-state index in [9.17, 15) is 9.50 Å². The molecule has 14 heteroatoms. The summed E-state index contributed by atoms with van der Waals surface area (Å²) in [6.45, 7) is 2.91. The van der Waals surface area contributed by atoms with Crippen LogP contribution in [0.15, 0.2) is 24.5 Å². The molecule has 0 unspecified atom stereocenters. The Bertz CT molecular complexity index is 1800. The number of ether oxygens (including phenoxy) is 4. The number of nitrogens with zero attached hydrogens (tertiary/aromatic N) is 6. The number of rotatable bonds is 3. The molecule has 236 valence electrons. The van der Waals surface area contributed by atoms with Crippen LogP contribution in [-0.2, 0) is 9.47 Å². The second kappa shape index (κ2) is 11.1. The molecular weight excluding hydrogens is 593 g/mol. The minimum atomic E-state index is -0.935. The molecule has 4 aromatic rings. The normalized spacial score (nSPS) is 25.3. The van der Waals surface area contributed by atoms with Gasteiger partial charge in [0.15, 0.2) is 17.4 Å². The molecule has 8 heterocycles. The summed E-state index contributed by atoms with van der Waals surface area (Å²) in [7, 11) is 0. The fourth-order valence-corrected chi connectivity index (χ4v) is 7.18. The predicted octanol–water partition coefficient (Wildman–Crippen LogP) is 3.79. The molecule has 3 saturated heterocycles. The Kier molecular flexibility index (Phi) is 7.02. The van der Waals surface area contributed by atoms with Gasteiger partial charge in [0.1, 0.15) is 42.2 Å². The number of pyridine rings is 2. The summed E-state index contributed by atoms with van der Waals surface area (Å²) in [5.41, 5.74) is -0.449. The zero-order valence-electron chi connectivity index (χ0n) is 24.3. The summed E-state index contributed by atoms with van der Waals surface area (Å²) in [5, 5.41) is 11.0. The molecule has 1 N–H and O–H groups in total. The number of alkyl halides is 1. The largest absolute Gasteiger partial charge is 0.508 e. The second-order valence-electron chi connectivity index (χ2n) is 12.1. The molecule has 3 atom stereocenters. The fourth-order valence-electron chi connectivity index (χ4n) is 7.18. The van der Waals surface area contributed by atoms with Crippen molar-refractivity contribution in [3.8, 4) is 28.8 Å². The molecule has 0 spiro atoms. The van der Waals surface area contributed by atoms with E-state index in [1.807, 2.05) is 4.90 Å². The number of benzene rings is 1. The van der Waals surface area contributed by atoms with Crippen LogP contribution in [0.1, 0.15) is 19.3 Å². The predicted molar refractivity (Wildman–Crippen MR) is 156 cm³/mol. The molecule has 45 heavy (non-hydrogen) atoms. The lowest BCUT2D eigenvalue weighted by Gasteiger charge is -2.31. The third-order valence-electron chi connectivity index (χ3n) is 9.21. The Hall–Kier alpha value is -4.01. The average Bonchev–Trinajstić information content (AvgIpc) is 3.44. The van der Waals surface area contributed by atoms with Crippen molar-refractivity contribution in [2.24, 2.45) is 0 Å². The molecule has 0 aliphatic carbocycles. The number of phenols is 1.